The maximum absolute atomic E-state index is 11.5. The molecule has 2 aromatic heterocycles. The third-order valence-electron chi connectivity index (χ3n) is 3.36. The molecule has 0 aliphatic heterocycles. The van der Waals surface area contributed by atoms with E-state index in [1.165, 1.54) is 6.20 Å². The van der Waals surface area contributed by atoms with Crippen LogP contribution in [0.4, 0.5) is 0 Å². The molecule has 0 bridgehead atoms. The fourth-order valence-corrected chi connectivity index (χ4v) is 2.48. The first-order valence-corrected chi connectivity index (χ1v) is 6.02. The van der Waals surface area contributed by atoms with Crippen LogP contribution in [-0.4, -0.2) is 4.98 Å². The van der Waals surface area contributed by atoms with E-state index in [-0.39, 0.29) is 5.43 Å². The Balaban J connectivity index is 2.31. The summed E-state index contributed by atoms with van der Waals surface area (Å²) in [4.78, 5) is 15.7. The van der Waals surface area contributed by atoms with Crippen LogP contribution in [0, 0.1) is 0 Å². The molecule has 0 radical (unpaired) electrons. The highest BCUT2D eigenvalue weighted by Gasteiger charge is 2.06. The summed E-state index contributed by atoms with van der Waals surface area (Å²) in [6.07, 6.45) is 3.04. The SMILES string of the molecule is O=c1cnc2ccc3c4ccccc4occ3c2c1. The van der Waals surface area contributed by atoms with Crippen molar-refractivity contribution in [3.8, 4) is 0 Å². The number of pyridine rings is 1. The van der Waals surface area contributed by atoms with E-state index in [4.69, 9.17) is 4.42 Å². The van der Waals surface area contributed by atoms with E-state index in [0.717, 1.165) is 32.6 Å². The van der Waals surface area contributed by atoms with Gasteiger partial charge in [0.2, 0.25) is 0 Å². The first-order valence-electron chi connectivity index (χ1n) is 6.02. The zero-order valence-corrected chi connectivity index (χ0v) is 9.96. The summed E-state index contributed by atoms with van der Waals surface area (Å²) >= 11 is 0. The molecule has 0 atom stereocenters. The van der Waals surface area contributed by atoms with E-state index in [1.54, 1.807) is 12.3 Å². The topological polar surface area (TPSA) is 43.1 Å². The van der Waals surface area contributed by atoms with E-state index < -0.39 is 0 Å². The molecular weight excluding hydrogens is 238 g/mol. The van der Waals surface area contributed by atoms with Gasteiger partial charge < -0.3 is 4.42 Å². The van der Waals surface area contributed by atoms with Gasteiger partial charge in [-0.05, 0) is 23.6 Å². The third kappa shape index (κ3) is 1.45. The summed E-state index contributed by atoms with van der Waals surface area (Å²) in [5.74, 6) is 0. The Hall–Kier alpha value is -2.68. The fraction of sp³-hybridized carbons (Fsp3) is 0. The number of aromatic nitrogens is 1. The molecule has 19 heavy (non-hydrogen) atoms. The van der Waals surface area contributed by atoms with Crippen LogP contribution in [0.3, 0.4) is 0 Å². The second-order valence-corrected chi connectivity index (χ2v) is 4.50. The van der Waals surface area contributed by atoms with Gasteiger partial charge in [0.15, 0.2) is 5.43 Å². The maximum Gasteiger partial charge on any atom is 0.197 e. The van der Waals surface area contributed by atoms with Crippen LogP contribution >= 0.6 is 0 Å². The lowest BCUT2D eigenvalue weighted by Crippen LogP contribution is -1.97. The van der Waals surface area contributed by atoms with Crippen LogP contribution in [0.25, 0.3) is 32.6 Å². The minimum Gasteiger partial charge on any atom is -0.464 e. The summed E-state index contributed by atoms with van der Waals surface area (Å²) in [5.41, 5.74) is 1.55. The Morgan fingerprint density at radius 2 is 1.79 bits per heavy atom. The Bertz CT molecular complexity index is 986. The maximum atomic E-state index is 11.5. The van der Waals surface area contributed by atoms with Crippen molar-refractivity contribution in [1.82, 2.24) is 4.98 Å². The van der Waals surface area contributed by atoms with E-state index in [2.05, 4.69) is 4.98 Å². The van der Waals surface area contributed by atoms with Gasteiger partial charge in [-0.15, -0.1) is 0 Å². The van der Waals surface area contributed by atoms with Crippen LogP contribution in [-0.2, 0) is 0 Å². The average molecular weight is 247 g/mol. The van der Waals surface area contributed by atoms with Crippen molar-refractivity contribution in [2.75, 3.05) is 0 Å². The summed E-state index contributed by atoms with van der Waals surface area (Å²) in [6, 6.07) is 13.4. The average Bonchev–Trinajstić information content (AvgIpc) is 2.46. The highest BCUT2D eigenvalue weighted by atomic mass is 16.3. The number of nitrogens with zero attached hydrogens (tertiary/aromatic N) is 1. The van der Waals surface area contributed by atoms with Gasteiger partial charge in [0.1, 0.15) is 5.58 Å². The lowest BCUT2D eigenvalue weighted by Gasteiger charge is -2.05. The van der Waals surface area contributed by atoms with Crippen molar-refractivity contribution in [2.45, 2.75) is 0 Å². The normalized spacial score (nSPS) is 11.4. The Kier molecular flexibility index (Phi) is 1.97. The number of fused-ring (bicyclic) bond motifs is 5. The molecule has 4 rings (SSSR count). The van der Waals surface area contributed by atoms with Crippen LogP contribution < -0.4 is 5.43 Å². The molecule has 0 unspecified atom stereocenters. The summed E-state index contributed by atoms with van der Waals surface area (Å²) in [7, 11) is 0. The third-order valence-corrected chi connectivity index (χ3v) is 3.36. The lowest BCUT2D eigenvalue weighted by atomic mass is 10.0. The number of benzene rings is 2. The molecule has 0 saturated carbocycles. The lowest BCUT2D eigenvalue weighted by molar-refractivity contribution is 0.611. The highest BCUT2D eigenvalue weighted by molar-refractivity contribution is 6.14. The van der Waals surface area contributed by atoms with Crippen LogP contribution in [0.1, 0.15) is 0 Å². The molecule has 0 saturated heterocycles. The molecule has 0 aliphatic rings. The van der Waals surface area contributed by atoms with Gasteiger partial charge in [-0.25, -0.2) is 0 Å². The minimum atomic E-state index is -0.0897. The van der Waals surface area contributed by atoms with Gasteiger partial charge in [0.25, 0.3) is 0 Å². The van der Waals surface area contributed by atoms with Crippen molar-refractivity contribution < 1.29 is 4.42 Å². The Labute approximate surface area is 108 Å². The monoisotopic (exact) mass is 247 g/mol. The fourth-order valence-electron chi connectivity index (χ4n) is 2.48. The zero-order valence-electron chi connectivity index (χ0n) is 9.96. The molecule has 4 aromatic rings. The van der Waals surface area contributed by atoms with E-state index in [1.807, 2.05) is 36.4 Å². The largest absolute Gasteiger partial charge is 0.464 e. The molecule has 0 amide bonds. The molecular formula is C16H9NO2. The van der Waals surface area contributed by atoms with Gasteiger partial charge in [-0.3, -0.25) is 9.78 Å². The number of hydrogen-bond donors (Lipinski definition) is 0. The number of hydrogen-bond acceptors (Lipinski definition) is 3. The number of rotatable bonds is 0. The summed E-state index contributed by atoms with van der Waals surface area (Å²) in [5, 5.41) is 3.86. The van der Waals surface area contributed by atoms with Gasteiger partial charge >= 0.3 is 0 Å². The molecule has 90 valence electrons. The van der Waals surface area contributed by atoms with Crippen molar-refractivity contribution in [3.05, 3.63) is 65.1 Å². The first kappa shape index (κ1) is 10.3. The quantitative estimate of drug-likeness (QED) is 0.447. The predicted octanol–water partition coefficient (Wildman–Crippen LogP) is 3.49. The molecule has 2 heterocycles. The first-order chi connectivity index (χ1) is 9.33. The van der Waals surface area contributed by atoms with Crippen molar-refractivity contribution >= 4 is 32.6 Å². The molecule has 3 heteroatoms. The smallest absolute Gasteiger partial charge is 0.197 e. The van der Waals surface area contributed by atoms with Crippen molar-refractivity contribution in [2.24, 2.45) is 0 Å². The minimum absolute atomic E-state index is 0.0897. The summed E-state index contributed by atoms with van der Waals surface area (Å²) < 4.78 is 5.64. The highest BCUT2D eigenvalue weighted by Crippen LogP contribution is 2.29. The molecule has 0 N–H and O–H groups in total. The molecule has 0 spiro atoms. The van der Waals surface area contributed by atoms with Crippen LogP contribution in [0.5, 0.6) is 0 Å². The molecule has 0 aliphatic carbocycles. The molecule has 2 aromatic carbocycles. The Morgan fingerprint density at radius 3 is 2.74 bits per heavy atom. The molecule has 3 nitrogen and oxygen atoms in total. The number of para-hydroxylation sites is 1. The van der Waals surface area contributed by atoms with E-state index in [0.29, 0.717) is 0 Å². The van der Waals surface area contributed by atoms with Crippen molar-refractivity contribution in [1.29, 1.82) is 0 Å². The second kappa shape index (κ2) is 3.65. The van der Waals surface area contributed by atoms with Gasteiger partial charge in [-0.2, -0.15) is 0 Å². The van der Waals surface area contributed by atoms with Gasteiger partial charge in [0, 0.05) is 16.2 Å². The van der Waals surface area contributed by atoms with Gasteiger partial charge in [-0.1, -0.05) is 24.3 Å². The van der Waals surface area contributed by atoms with E-state index in [9.17, 15) is 4.79 Å². The zero-order chi connectivity index (χ0) is 12.8. The molecule has 0 fully saturated rings. The predicted molar refractivity (Wildman–Crippen MR) is 75.3 cm³/mol. The van der Waals surface area contributed by atoms with Crippen molar-refractivity contribution in [3.63, 3.8) is 0 Å². The van der Waals surface area contributed by atoms with Crippen LogP contribution in [0.2, 0.25) is 0 Å². The summed E-state index contributed by atoms with van der Waals surface area (Å²) in [6.45, 7) is 0. The second-order valence-electron chi connectivity index (χ2n) is 4.50. The Morgan fingerprint density at radius 1 is 0.895 bits per heavy atom. The van der Waals surface area contributed by atoms with E-state index >= 15 is 0 Å². The van der Waals surface area contributed by atoms with Crippen LogP contribution in [0.15, 0.2) is 64.1 Å². The standard InChI is InChI=1S/C16H9NO2/c18-10-7-13-14-9-19-16-4-2-1-3-12(16)11(14)5-6-15(13)17-8-10/h1-9H. The van der Waals surface area contributed by atoms with Gasteiger partial charge in [0.05, 0.1) is 18.0 Å².